The lowest BCUT2D eigenvalue weighted by molar-refractivity contribution is -0.138. The number of hydrogen-bond donors (Lipinski definition) is 4. The summed E-state index contributed by atoms with van der Waals surface area (Å²) in [5.74, 6) is -0.957. The van der Waals surface area contributed by atoms with Gasteiger partial charge in [0.05, 0.1) is 11.7 Å². The molecule has 0 radical (unpaired) electrons. The van der Waals surface area contributed by atoms with E-state index in [1.54, 1.807) is 63.2 Å². The molecule has 5 N–H and O–H groups in total. The smallest absolute Gasteiger partial charge is 0.408 e. The van der Waals surface area contributed by atoms with Crippen LogP contribution < -0.4 is 16.4 Å². The van der Waals surface area contributed by atoms with E-state index in [0.29, 0.717) is 11.3 Å². The number of carboxylic acid groups (broad SMARTS) is 1. The van der Waals surface area contributed by atoms with Crippen LogP contribution in [0.15, 0.2) is 48.7 Å². The van der Waals surface area contributed by atoms with Gasteiger partial charge in [0, 0.05) is 6.20 Å². The van der Waals surface area contributed by atoms with Crippen molar-refractivity contribution in [2.75, 3.05) is 11.1 Å². The number of carbonyl (C=O) groups excluding carboxylic acids is 1. The Bertz CT molecular complexity index is 790. The van der Waals surface area contributed by atoms with Gasteiger partial charge in [-0.05, 0) is 38.5 Å². The minimum Gasteiger partial charge on any atom is -0.480 e. The lowest BCUT2D eigenvalue weighted by Gasteiger charge is -2.28. The van der Waals surface area contributed by atoms with E-state index in [1.807, 2.05) is 0 Å². The Balaban J connectivity index is 2.35. The van der Waals surface area contributed by atoms with Crippen LogP contribution in [0.5, 0.6) is 0 Å². The molecule has 0 aliphatic heterocycles. The summed E-state index contributed by atoms with van der Waals surface area (Å²) in [5, 5.41) is 15.2. The molecule has 0 spiro atoms. The first-order valence-corrected chi connectivity index (χ1v) is 8.41. The van der Waals surface area contributed by atoms with Gasteiger partial charge in [0.25, 0.3) is 0 Å². The van der Waals surface area contributed by atoms with E-state index in [-0.39, 0.29) is 5.82 Å². The van der Waals surface area contributed by atoms with Crippen molar-refractivity contribution >= 4 is 23.6 Å². The SMILES string of the molecule is CC(C)(C)OC(=O)N[C@@H](c1ccccc1)[C@@H](Nc1ncccc1N)C(=O)O. The average Bonchev–Trinajstić information content (AvgIpc) is 2.58. The summed E-state index contributed by atoms with van der Waals surface area (Å²) in [6.07, 6.45) is 0.773. The molecule has 0 bridgehead atoms. The third kappa shape index (κ3) is 5.88. The second-order valence-electron chi connectivity index (χ2n) is 6.94. The summed E-state index contributed by atoms with van der Waals surface area (Å²) >= 11 is 0. The van der Waals surface area contributed by atoms with Gasteiger partial charge in [-0.1, -0.05) is 30.3 Å². The van der Waals surface area contributed by atoms with Crippen molar-refractivity contribution in [3.8, 4) is 0 Å². The number of anilines is 2. The van der Waals surface area contributed by atoms with Crippen molar-refractivity contribution in [2.45, 2.75) is 38.5 Å². The van der Waals surface area contributed by atoms with Gasteiger partial charge in [-0.15, -0.1) is 0 Å². The van der Waals surface area contributed by atoms with E-state index in [1.165, 1.54) is 6.20 Å². The highest BCUT2D eigenvalue weighted by Gasteiger charge is 2.33. The number of hydrogen-bond acceptors (Lipinski definition) is 6. The average molecular weight is 372 g/mol. The van der Waals surface area contributed by atoms with Crippen molar-refractivity contribution in [3.05, 3.63) is 54.2 Å². The van der Waals surface area contributed by atoms with Gasteiger partial charge in [0.2, 0.25) is 0 Å². The Morgan fingerprint density at radius 2 is 1.81 bits per heavy atom. The number of rotatable bonds is 6. The number of aromatic nitrogens is 1. The fourth-order valence-corrected chi connectivity index (χ4v) is 2.43. The molecule has 0 saturated heterocycles. The van der Waals surface area contributed by atoms with Crippen molar-refractivity contribution in [1.29, 1.82) is 0 Å². The molecular formula is C19H24N4O4. The van der Waals surface area contributed by atoms with Crippen molar-refractivity contribution in [3.63, 3.8) is 0 Å². The van der Waals surface area contributed by atoms with Crippen molar-refractivity contribution in [2.24, 2.45) is 0 Å². The monoisotopic (exact) mass is 372 g/mol. The minimum absolute atomic E-state index is 0.219. The highest BCUT2D eigenvalue weighted by atomic mass is 16.6. The highest BCUT2D eigenvalue weighted by Crippen LogP contribution is 2.23. The number of alkyl carbamates (subject to hydrolysis) is 1. The van der Waals surface area contributed by atoms with Crippen LogP contribution in [0.4, 0.5) is 16.3 Å². The number of amides is 1. The predicted octanol–water partition coefficient (Wildman–Crippen LogP) is 2.79. The van der Waals surface area contributed by atoms with Crippen LogP contribution >= 0.6 is 0 Å². The van der Waals surface area contributed by atoms with Gasteiger partial charge in [0.15, 0.2) is 6.04 Å². The van der Waals surface area contributed by atoms with Gasteiger partial charge in [-0.25, -0.2) is 14.6 Å². The number of nitrogen functional groups attached to an aromatic ring is 1. The zero-order valence-corrected chi connectivity index (χ0v) is 15.5. The summed E-state index contributed by atoms with van der Waals surface area (Å²) < 4.78 is 5.28. The lowest BCUT2D eigenvalue weighted by atomic mass is 9.99. The molecule has 8 heteroatoms. The van der Waals surface area contributed by atoms with Crippen LogP contribution in [0.3, 0.4) is 0 Å². The maximum atomic E-state index is 12.3. The third-order valence-electron chi connectivity index (χ3n) is 3.56. The Labute approximate surface area is 157 Å². The second kappa shape index (κ2) is 8.39. The molecule has 2 atom stereocenters. The number of carboxylic acids is 1. The van der Waals surface area contributed by atoms with Gasteiger partial charge in [0.1, 0.15) is 11.4 Å². The van der Waals surface area contributed by atoms with Crippen LogP contribution in [-0.2, 0) is 9.53 Å². The van der Waals surface area contributed by atoms with Crippen LogP contribution in [0, 0.1) is 0 Å². The number of carbonyl (C=O) groups is 2. The number of ether oxygens (including phenoxy) is 1. The molecule has 1 aromatic heterocycles. The molecule has 2 aromatic rings. The number of pyridine rings is 1. The zero-order chi connectivity index (χ0) is 20.0. The second-order valence-corrected chi connectivity index (χ2v) is 6.94. The van der Waals surface area contributed by atoms with E-state index >= 15 is 0 Å². The van der Waals surface area contributed by atoms with Crippen molar-refractivity contribution < 1.29 is 19.4 Å². The van der Waals surface area contributed by atoms with Crippen molar-refractivity contribution in [1.82, 2.24) is 10.3 Å². The Morgan fingerprint density at radius 3 is 2.37 bits per heavy atom. The first-order chi connectivity index (χ1) is 12.7. The predicted molar refractivity (Wildman–Crippen MR) is 102 cm³/mol. The first-order valence-electron chi connectivity index (χ1n) is 8.41. The molecule has 1 aromatic carbocycles. The molecule has 2 rings (SSSR count). The zero-order valence-electron chi connectivity index (χ0n) is 15.5. The van der Waals surface area contributed by atoms with Crippen LogP contribution in [0.25, 0.3) is 0 Å². The molecule has 144 valence electrons. The normalized spacial score (nSPS) is 13.3. The molecule has 0 fully saturated rings. The van der Waals surface area contributed by atoms with Gasteiger partial charge < -0.3 is 26.2 Å². The van der Waals surface area contributed by atoms with Crippen LogP contribution in [-0.4, -0.2) is 33.8 Å². The molecule has 1 heterocycles. The molecule has 0 aliphatic rings. The van der Waals surface area contributed by atoms with Gasteiger partial charge in [-0.3, -0.25) is 0 Å². The van der Waals surface area contributed by atoms with E-state index in [4.69, 9.17) is 10.5 Å². The van der Waals surface area contributed by atoms with Gasteiger partial charge in [-0.2, -0.15) is 0 Å². The highest BCUT2D eigenvalue weighted by molar-refractivity contribution is 5.81. The topological polar surface area (TPSA) is 127 Å². The molecule has 8 nitrogen and oxygen atoms in total. The Hall–Kier alpha value is -3.29. The van der Waals surface area contributed by atoms with E-state index < -0.39 is 29.7 Å². The number of nitrogens with one attached hydrogen (secondary N) is 2. The summed E-state index contributed by atoms with van der Waals surface area (Å²) in [4.78, 5) is 28.3. The van der Waals surface area contributed by atoms with E-state index in [9.17, 15) is 14.7 Å². The fourth-order valence-electron chi connectivity index (χ4n) is 2.43. The third-order valence-corrected chi connectivity index (χ3v) is 3.56. The maximum absolute atomic E-state index is 12.3. The minimum atomic E-state index is -1.22. The summed E-state index contributed by atoms with van der Waals surface area (Å²) in [5.41, 5.74) is 6.04. The summed E-state index contributed by atoms with van der Waals surface area (Å²) in [6.45, 7) is 5.18. The number of benzene rings is 1. The van der Waals surface area contributed by atoms with E-state index in [2.05, 4.69) is 15.6 Å². The number of aliphatic carboxylic acids is 1. The molecule has 0 unspecified atom stereocenters. The standard InChI is InChI=1S/C19H24N4O4/c1-19(2,3)27-18(26)23-14(12-8-5-4-6-9-12)15(17(24)25)22-16-13(20)10-7-11-21-16/h4-11,14-15H,20H2,1-3H3,(H,21,22)(H,23,26)(H,24,25)/t14-,15+/m0/s1. The van der Waals surface area contributed by atoms with Gasteiger partial charge >= 0.3 is 12.1 Å². The largest absolute Gasteiger partial charge is 0.480 e. The number of nitrogens with zero attached hydrogens (tertiary/aromatic N) is 1. The molecule has 1 amide bonds. The van der Waals surface area contributed by atoms with Crippen LogP contribution in [0.1, 0.15) is 32.4 Å². The summed E-state index contributed by atoms with van der Waals surface area (Å²) in [6, 6.07) is 9.87. The molecule has 27 heavy (non-hydrogen) atoms. The van der Waals surface area contributed by atoms with E-state index in [0.717, 1.165) is 0 Å². The van der Waals surface area contributed by atoms with Crippen LogP contribution in [0.2, 0.25) is 0 Å². The maximum Gasteiger partial charge on any atom is 0.408 e. The molecule has 0 saturated carbocycles. The lowest BCUT2D eigenvalue weighted by Crippen LogP contribution is -2.46. The molecule has 0 aliphatic carbocycles. The number of nitrogens with two attached hydrogens (primary N) is 1. The summed E-state index contributed by atoms with van der Waals surface area (Å²) in [7, 11) is 0. The Kier molecular flexibility index (Phi) is 6.23. The Morgan fingerprint density at radius 1 is 1.15 bits per heavy atom. The fraction of sp³-hybridized carbons (Fsp3) is 0.316. The molecular weight excluding hydrogens is 348 g/mol. The first kappa shape index (κ1) is 20.0. The quantitative estimate of drug-likeness (QED) is 0.614.